The molecule has 0 atom stereocenters. The van der Waals surface area contributed by atoms with Crippen molar-refractivity contribution in [2.24, 2.45) is 0 Å². The summed E-state index contributed by atoms with van der Waals surface area (Å²) in [5, 5.41) is 0. The van der Waals surface area contributed by atoms with Gasteiger partial charge < -0.3 is 4.74 Å². The van der Waals surface area contributed by atoms with Gasteiger partial charge in [-0.05, 0) is 61.7 Å². The second kappa shape index (κ2) is 7.23. The summed E-state index contributed by atoms with van der Waals surface area (Å²) in [5.41, 5.74) is 4.46. The zero-order valence-corrected chi connectivity index (χ0v) is 14.1. The normalized spacial score (nSPS) is 10.4. The lowest BCUT2D eigenvalue weighted by Crippen LogP contribution is -2.06. The van der Waals surface area contributed by atoms with Gasteiger partial charge in [0, 0.05) is 24.0 Å². The quantitative estimate of drug-likeness (QED) is 0.740. The van der Waals surface area contributed by atoms with Gasteiger partial charge in [-0.3, -0.25) is 9.59 Å². The van der Waals surface area contributed by atoms with Crippen molar-refractivity contribution in [2.45, 2.75) is 33.6 Å². The first kappa shape index (κ1) is 16.9. The van der Waals surface area contributed by atoms with Gasteiger partial charge in [-0.15, -0.1) is 0 Å². The largest absolute Gasteiger partial charge is 0.496 e. The summed E-state index contributed by atoms with van der Waals surface area (Å²) in [4.78, 5) is 24.5. The zero-order valence-electron chi connectivity index (χ0n) is 14.1. The first-order valence-corrected chi connectivity index (χ1v) is 7.70. The SMILES string of the molecule is COc1ccc(C(=O)CCC(=O)c2ccc(C)c(C)c2)cc1C. The molecule has 0 spiro atoms. The van der Waals surface area contributed by atoms with Gasteiger partial charge >= 0.3 is 0 Å². The highest BCUT2D eigenvalue weighted by Gasteiger charge is 2.12. The van der Waals surface area contributed by atoms with E-state index in [4.69, 9.17) is 4.74 Å². The van der Waals surface area contributed by atoms with Gasteiger partial charge in [-0.1, -0.05) is 12.1 Å². The third-order valence-electron chi connectivity index (χ3n) is 4.12. The minimum Gasteiger partial charge on any atom is -0.496 e. The highest BCUT2D eigenvalue weighted by molar-refractivity contribution is 6.02. The Labute approximate surface area is 137 Å². The van der Waals surface area contributed by atoms with Crippen LogP contribution in [0.4, 0.5) is 0 Å². The molecular weight excluding hydrogens is 288 g/mol. The number of ether oxygens (including phenoxy) is 1. The Morgan fingerprint density at radius 1 is 0.783 bits per heavy atom. The molecule has 0 saturated carbocycles. The van der Waals surface area contributed by atoms with E-state index in [-0.39, 0.29) is 24.4 Å². The van der Waals surface area contributed by atoms with Crippen molar-refractivity contribution in [3.05, 3.63) is 64.2 Å². The number of hydrogen-bond acceptors (Lipinski definition) is 3. The van der Waals surface area contributed by atoms with Crippen LogP contribution in [0, 0.1) is 20.8 Å². The van der Waals surface area contributed by atoms with Crippen LogP contribution in [-0.4, -0.2) is 18.7 Å². The zero-order chi connectivity index (χ0) is 17.0. The molecule has 0 unspecified atom stereocenters. The maximum atomic E-state index is 12.3. The fraction of sp³-hybridized carbons (Fsp3) is 0.300. The van der Waals surface area contributed by atoms with E-state index in [9.17, 15) is 9.59 Å². The monoisotopic (exact) mass is 310 g/mol. The predicted octanol–water partition coefficient (Wildman–Crippen LogP) is 4.47. The van der Waals surface area contributed by atoms with Gasteiger partial charge in [0.15, 0.2) is 11.6 Å². The maximum absolute atomic E-state index is 12.3. The molecule has 0 aliphatic heterocycles. The Morgan fingerprint density at radius 3 is 1.78 bits per heavy atom. The fourth-order valence-corrected chi connectivity index (χ4v) is 2.48. The lowest BCUT2D eigenvalue weighted by Gasteiger charge is -2.07. The number of ketones is 2. The van der Waals surface area contributed by atoms with Crippen molar-refractivity contribution in [3.63, 3.8) is 0 Å². The Kier molecular flexibility index (Phi) is 5.32. The van der Waals surface area contributed by atoms with E-state index < -0.39 is 0 Å². The van der Waals surface area contributed by atoms with Gasteiger partial charge in [0.1, 0.15) is 5.75 Å². The Bertz CT molecular complexity index is 745. The average Bonchev–Trinajstić information content (AvgIpc) is 2.54. The van der Waals surface area contributed by atoms with E-state index in [0.717, 1.165) is 22.4 Å². The van der Waals surface area contributed by atoms with Crippen molar-refractivity contribution in [2.75, 3.05) is 7.11 Å². The summed E-state index contributed by atoms with van der Waals surface area (Å²) in [7, 11) is 1.60. The molecule has 0 radical (unpaired) electrons. The van der Waals surface area contributed by atoms with E-state index in [0.29, 0.717) is 11.1 Å². The summed E-state index contributed by atoms with van der Waals surface area (Å²) in [6.07, 6.45) is 0.448. The standard InChI is InChI=1S/C20H22O3/c1-13-5-6-16(11-14(13)2)18(21)8-9-19(22)17-7-10-20(23-4)15(3)12-17/h5-7,10-12H,8-9H2,1-4H3. The lowest BCUT2D eigenvalue weighted by molar-refractivity contribution is 0.0917. The van der Waals surface area contributed by atoms with Crippen LogP contribution in [0.1, 0.15) is 50.2 Å². The van der Waals surface area contributed by atoms with Crippen molar-refractivity contribution in [3.8, 4) is 5.75 Å². The van der Waals surface area contributed by atoms with E-state index in [1.165, 1.54) is 0 Å². The fourth-order valence-electron chi connectivity index (χ4n) is 2.48. The van der Waals surface area contributed by atoms with Crippen LogP contribution in [0.5, 0.6) is 5.75 Å². The highest BCUT2D eigenvalue weighted by Crippen LogP contribution is 2.20. The van der Waals surface area contributed by atoms with Crippen LogP contribution in [0.15, 0.2) is 36.4 Å². The van der Waals surface area contributed by atoms with Crippen LogP contribution in [0.2, 0.25) is 0 Å². The molecule has 3 nitrogen and oxygen atoms in total. The molecule has 2 rings (SSSR count). The molecule has 120 valence electrons. The molecule has 2 aromatic carbocycles. The van der Waals surface area contributed by atoms with Gasteiger partial charge in [0.2, 0.25) is 0 Å². The van der Waals surface area contributed by atoms with Crippen LogP contribution in [0.25, 0.3) is 0 Å². The minimum atomic E-state index is -0.0204. The van der Waals surface area contributed by atoms with Gasteiger partial charge in [0.05, 0.1) is 7.11 Å². The predicted molar refractivity (Wildman–Crippen MR) is 91.5 cm³/mol. The molecule has 0 heterocycles. The molecule has 0 N–H and O–H groups in total. The van der Waals surface area contributed by atoms with Crippen molar-refractivity contribution in [1.82, 2.24) is 0 Å². The summed E-state index contributed by atoms with van der Waals surface area (Å²) < 4.78 is 5.19. The van der Waals surface area contributed by atoms with Crippen molar-refractivity contribution < 1.29 is 14.3 Å². The minimum absolute atomic E-state index is 0.00619. The lowest BCUT2D eigenvalue weighted by atomic mass is 9.98. The van der Waals surface area contributed by atoms with Crippen LogP contribution < -0.4 is 4.74 Å². The second-order valence-corrected chi connectivity index (χ2v) is 5.83. The number of Topliss-reactive ketones (excluding diaryl/α,β-unsaturated/α-hetero) is 2. The number of methoxy groups -OCH3 is 1. The van der Waals surface area contributed by atoms with Gasteiger partial charge in [-0.2, -0.15) is 0 Å². The first-order chi connectivity index (χ1) is 10.9. The summed E-state index contributed by atoms with van der Waals surface area (Å²) >= 11 is 0. The summed E-state index contributed by atoms with van der Waals surface area (Å²) in [6.45, 7) is 5.90. The number of rotatable bonds is 6. The van der Waals surface area contributed by atoms with Crippen LogP contribution in [0.3, 0.4) is 0 Å². The summed E-state index contributed by atoms with van der Waals surface area (Å²) in [6, 6.07) is 11.0. The number of benzene rings is 2. The Balaban J connectivity index is 2.02. The molecule has 0 saturated heterocycles. The molecule has 3 heteroatoms. The smallest absolute Gasteiger partial charge is 0.163 e. The third-order valence-corrected chi connectivity index (χ3v) is 4.12. The third kappa shape index (κ3) is 4.07. The molecule has 0 fully saturated rings. The topological polar surface area (TPSA) is 43.4 Å². The number of hydrogen-bond donors (Lipinski definition) is 0. The van der Waals surface area contributed by atoms with Crippen molar-refractivity contribution >= 4 is 11.6 Å². The molecular formula is C20H22O3. The second-order valence-electron chi connectivity index (χ2n) is 5.83. The molecule has 0 aromatic heterocycles. The molecule has 2 aromatic rings. The first-order valence-electron chi connectivity index (χ1n) is 7.70. The average molecular weight is 310 g/mol. The number of carbonyl (C=O) groups is 2. The Morgan fingerprint density at radius 2 is 1.30 bits per heavy atom. The van der Waals surface area contributed by atoms with Crippen LogP contribution >= 0.6 is 0 Å². The van der Waals surface area contributed by atoms with Gasteiger partial charge in [0.25, 0.3) is 0 Å². The van der Waals surface area contributed by atoms with Gasteiger partial charge in [-0.25, -0.2) is 0 Å². The molecule has 0 amide bonds. The highest BCUT2D eigenvalue weighted by atomic mass is 16.5. The molecule has 23 heavy (non-hydrogen) atoms. The number of carbonyl (C=O) groups excluding carboxylic acids is 2. The van der Waals surface area contributed by atoms with E-state index >= 15 is 0 Å². The maximum Gasteiger partial charge on any atom is 0.163 e. The van der Waals surface area contributed by atoms with Crippen molar-refractivity contribution in [1.29, 1.82) is 0 Å². The molecule has 0 bridgehead atoms. The number of aryl methyl sites for hydroxylation is 3. The van der Waals surface area contributed by atoms with E-state index in [1.807, 2.05) is 45.0 Å². The van der Waals surface area contributed by atoms with E-state index in [2.05, 4.69) is 0 Å². The van der Waals surface area contributed by atoms with Crippen LogP contribution in [-0.2, 0) is 0 Å². The summed E-state index contributed by atoms with van der Waals surface area (Å²) in [5.74, 6) is 0.743. The molecule has 0 aliphatic carbocycles. The molecule has 0 aliphatic rings. The Hall–Kier alpha value is -2.42. The van der Waals surface area contributed by atoms with E-state index in [1.54, 1.807) is 19.2 Å².